The lowest BCUT2D eigenvalue weighted by atomic mass is 9.84. The number of carbonyl (C=O) groups excluding carboxylic acids is 2. The second-order valence-corrected chi connectivity index (χ2v) is 8.81. The molecule has 7 heteroatoms. The number of hydrogen-bond acceptors (Lipinski definition) is 5. The number of ether oxygens (including phenoxy) is 2. The minimum absolute atomic E-state index is 0.0114. The normalized spacial score (nSPS) is 29.9. The van der Waals surface area contributed by atoms with E-state index in [1.54, 1.807) is 12.4 Å². The SMILES string of the molecule is O=C([C@H]1OCC(=O)N(C2CC2)[C@@H]1c1cccnc1)N1CCC2(CCCCO2)CC1. The van der Waals surface area contributed by atoms with E-state index in [9.17, 15) is 9.59 Å². The topological polar surface area (TPSA) is 72.0 Å². The Morgan fingerprint density at radius 1 is 1.17 bits per heavy atom. The van der Waals surface area contributed by atoms with E-state index in [0.717, 1.165) is 50.7 Å². The van der Waals surface area contributed by atoms with Gasteiger partial charge in [0.1, 0.15) is 6.61 Å². The second kappa shape index (κ2) is 7.69. The van der Waals surface area contributed by atoms with E-state index < -0.39 is 12.1 Å². The molecule has 0 radical (unpaired) electrons. The van der Waals surface area contributed by atoms with Gasteiger partial charge in [-0.2, -0.15) is 0 Å². The number of nitrogens with zero attached hydrogens (tertiary/aromatic N) is 3. The Bertz CT molecular complexity index is 751. The summed E-state index contributed by atoms with van der Waals surface area (Å²) in [7, 11) is 0. The van der Waals surface area contributed by atoms with Gasteiger partial charge in [0.25, 0.3) is 5.91 Å². The Balaban J connectivity index is 1.35. The minimum atomic E-state index is -0.668. The van der Waals surface area contributed by atoms with Crippen LogP contribution >= 0.6 is 0 Å². The molecule has 0 aromatic carbocycles. The first-order valence-electron chi connectivity index (χ1n) is 10.9. The zero-order valence-electron chi connectivity index (χ0n) is 16.8. The maximum absolute atomic E-state index is 13.5. The summed E-state index contributed by atoms with van der Waals surface area (Å²) in [6.45, 7) is 2.19. The molecule has 2 atom stereocenters. The van der Waals surface area contributed by atoms with Crippen LogP contribution < -0.4 is 0 Å². The molecule has 1 spiro atoms. The number of pyridine rings is 1. The van der Waals surface area contributed by atoms with Gasteiger partial charge in [0.05, 0.1) is 11.6 Å². The number of morpholine rings is 1. The van der Waals surface area contributed by atoms with Gasteiger partial charge in [0.2, 0.25) is 5.91 Å². The van der Waals surface area contributed by atoms with Gasteiger partial charge in [-0.1, -0.05) is 6.07 Å². The molecule has 0 unspecified atom stereocenters. The van der Waals surface area contributed by atoms with Crippen molar-refractivity contribution in [3.05, 3.63) is 30.1 Å². The van der Waals surface area contributed by atoms with Crippen molar-refractivity contribution < 1.29 is 19.1 Å². The molecule has 0 bridgehead atoms. The minimum Gasteiger partial charge on any atom is -0.375 e. The molecule has 3 aliphatic heterocycles. The van der Waals surface area contributed by atoms with Gasteiger partial charge in [-0.25, -0.2) is 0 Å². The van der Waals surface area contributed by atoms with Crippen molar-refractivity contribution in [2.75, 3.05) is 26.3 Å². The molecular weight excluding hydrogens is 370 g/mol. The van der Waals surface area contributed by atoms with Gasteiger partial charge >= 0.3 is 0 Å². The molecule has 1 aliphatic carbocycles. The van der Waals surface area contributed by atoms with Crippen molar-refractivity contribution in [1.82, 2.24) is 14.8 Å². The summed E-state index contributed by atoms with van der Waals surface area (Å²) in [5, 5.41) is 0. The van der Waals surface area contributed by atoms with Crippen molar-refractivity contribution in [3.8, 4) is 0 Å². The molecule has 4 fully saturated rings. The lowest BCUT2D eigenvalue weighted by Crippen LogP contribution is -2.58. The molecule has 7 nitrogen and oxygen atoms in total. The lowest BCUT2D eigenvalue weighted by molar-refractivity contribution is -0.174. The van der Waals surface area contributed by atoms with Crippen LogP contribution in [0.15, 0.2) is 24.5 Å². The first kappa shape index (κ1) is 19.0. The molecule has 4 heterocycles. The van der Waals surface area contributed by atoms with Crippen molar-refractivity contribution in [1.29, 1.82) is 0 Å². The highest BCUT2D eigenvalue weighted by Gasteiger charge is 2.49. The fourth-order valence-electron chi connectivity index (χ4n) is 5.12. The summed E-state index contributed by atoms with van der Waals surface area (Å²) >= 11 is 0. The molecule has 1 aromatic rings. The molecule has 4 aliphatic rings. The molecule has 1 aromatic heterocycles. The predicted molar refractivity (Wildman–Crippen MR) is 105 cm³/mol. The first-order chi connectivity index (χ1) is 14.2. The lowest BCUT2D eigenvalue weighted by Gasteiger charge is -2.46. The van der Waals surface area contributed by atoms with Gasteiger partial charge in [0.15, 0.2) is 6.10 Å². The Kier molecular flexibility index (Phi) is 5.04. The van der Waals surface area contributed by atoms with Crippen molar-refractivity contribution in [2.24, 2.45) is 0 Å². The molecule has 1 saturated carbocycles. The van der Waals surface area contributed by atoms with E-state index in [0.29, 0.717) is 13.1 Å². The van der Waals surface area contributed by atoms with E-state index in [4.69, 9.17) is 9.47 Å². The number of likely N-dealkylation sites (tertiary alicyclic amines) is 1. The third-order valence-electron chi connectivity index (χ3n) is 6.89. The van der Waals surface area contributed by atoms with E-state index in [2.05, 4.69) is 4.98 Å². The maximum atomic E-state index is 13.5. The summed E-state index contributed by atoms with van der Waals surface area (Å²) in [6.07, 6.45) is 9.99. The average Bonchev–Trinajstić information content (AvgIpc) is 3.60. The quantitative estimate of drug-likeness (QED) is 0.778. The third kappa shape index (κ3) is 3.66. The summed E-state index contributed by atoms with van der Waals surface area (Å²) in [6, 6.07) is 3.61. The van der Waals surface area contributed by atoms with Crippen LogP contribution in [0.5, 0.6) is 0 Å². The van der Waals surface area contributed by atoms with E-state index >= 15 is 0 Å². The first-order valence-corrected chi connectivity index (χ1v) is 10.9. The third-order valence-corrected chi connectivity index (χ3v) is 6.89. The van der Waals surface area contributed by atoms with Crippen LogP contribution in [0.25, 0.3) is 0 Å². The van der Waals surface area contributed by atoms with Gasteiger partial charge in [-0.3, -0.25) is 14.6 Å². The largest absolute Gasteiger partial charge is 0.375 e. The highest BCUT2D eigenvalue weighted by Crippen LogP contribution is 2.41. The average molecular weight is 399 g/mol. The van der Waals surface area contributed by atoms with Gasteiger partial charge < -0.3 is 19.3 Å². The van der Waals surface area contributed by atoms with Gasteiger partial charge in [-0.15, -0.1) is 0 Å². The van der Waals surface area contributed by atoms with Crippen LogP contribution in [-0.2, 0) is 19.1 Å². The van der Waals surface area contributed by atoms with Crippen molar-refractivity contribution in [2.45, 2.75) is 68.7 Å². The van der Waals surface area contributed by atoms with E-state index in [1.807, 2.05) is 21.9 Å². The Labute approximate surface area is 171 Å². The zero-order valence-corrected chi connectivity index (χ0v) is 16.8. The van der Waals surface area contributed by atoms with Crippen LogP contribution in [0.1, 0.15) is 56.6 Å². The number of aromatic nitrogens is 1. The van der Waals surface area contributed by atoms with Gasteiger partial charge in [-0.05, 0) is 56.6 Å². The number of rotatable bonds is 3. The smallest absolute Gasteiger partial charge is 0.254 e. The van der Waals surface area contributed by atoms with Crippen LogP contribution in [0, 0.1) is 0 Å². The Morgan fingerprint density at radius 2 is 2.00 bits per heavy atom. The highest BCUT2D eigenvalue weighted by atomic mass is 16.5. The maximum Gasteiger partial charge on any atom is 0.254 e. The predicted octanol–water partition coefficient (Wildman–Crippen LogP) is 2.07. The van der Waals surface area contributed by atoms with Crippen molar-refractivity contribution in [3.63, 3.8) is 0 Å². The fraction of sp³-hybridized carbons (Fsp3) is 0.682. The number of hydrogen-bond donors (Lipinski definition) is 0. The number of carbonyl (C=O) groups is 2. The Hall–Kier alpha value is -1.99. The number of amides is 2. The summed E-state index contributed by atoms with van der Waals surface area (Å²) in [4.78, 5) is 34.2. The Morgan fingerprint density at radius 3 is 2.66 bits per heavy atom. The van der Waals surface area contributed by atoms with Crippen LogP contribution in [0.3, 0.4) is 0 Å². The zero-order chi connectivity index (χ0) is 19.8. The molecule has 156 valence electrons. The number of piperidine rings is 1. The monoisotopic (exact) mass is 399 g/mol. The highest BCUT2D eigenvalue weighted by molar-refractivity contribution is 5.87. The summed E-state index contributed by atoms with van der Waals surface area (Å²) in [5.41, 5.74) is 0.830. The van der Waals surface area contributed by atoms with Gasteiger partial charge in [0, 0.05) is 38.1 Å². The van der Waals surface area contributed by atoms with Crippen molar-refractivity contribution >= 4 is 11.8 Å². The molecule has 29 heavy (non-hydrogen) atoms. The molecular formula is C22H29N3O4. The standard InChI is InChI=1S/C22H29N3O4/c26-18-15-28-20(19(25(18)17-5-6-17)16-4-3-10-23-14-16)21(27)24-11-8-22(9-12-24)7-1-2-13-29-22/h3-4,10,14,17,19-20H,1-2,5-9,11-13,15H2/t19-,20+/m1/s1. The van der Waals surface area contributed by atoms with Crippen LogP contribution in [0.2, 0.25) is 0 Å². The van der Waals surface area contributed by atoms with E-state index in [1.165, 1.54) is 6.42 Å². The molecule has 2 amide bonds. The second-order valence-electron chi connectivity index (χ2n) is 8.81. The molecule has 3 saturated heterocycles. The van der Waals surface area contributed by atoms with E-state index in [-0.39, 0.29) is 30.1 Å². The summed E-state index contributed by atoms with van der Waals surface area (Å²) < 4.78 is 12.0. The summed E-state index contributed by atoms with van der Waals surface area (Å²) in [5.74, 6) is -0.0405. The molecule has 5 rings (SSSR count). The fourth-order valence-corrected chi connectivity index (χ4v) is 5.12. The van der Waals surface area contributed by atoms with Crippen LogP contribution in [0.4, 0.5) is 0 Å². The van der Waals surface area contributed by atoms with Crippen LogP contribution in [-0.4, -0.2) is 70.6 Å². The molecule has 0 N–H and O–H groups in total.